The molecular formula is C19H29N3. The maximum Gasteiger partial charge on any atom is 0.0456 e. The maximum atomic E-state index is 6.32. The van der Waals surface area contributed by atoms with E-state index >= 15 is 0 Å². The summed E-state index contributed by atoms with van der Waals surface area (Å²) in [6, 6.07) is 9.00. The molecule has 1 fully saturated rings. The first kappa shape index (κ1) is 15.6. The van der Waals surface area contributed by atoms with E-state index in [1.807, 2.05) is 0 Å². The van der Waals surface area contributed by atoms with E-state index in [-0.39, 0.29) is 0 Å². The fourth-order valence-electron chi connectivity index (χ4n) is 3.72. The van der Waals surface area contributed by atoms with Gasteiger partial charge in [0.25, 0.3) is 0 Å². The number of hydrogen-bond donors (Lipinski definition) is 2. The highest BCUT2D eigenvalue weighted by molar-refractivity contribution is 5.83. The van der Waals surface area contributed by atoms with E-state index in [0.717, 1.165) is 25.9 Å². The lowest BCUT2D eigenvalue weighted by Gasteiger charge is -2.37. The second-order valence-corrected chi connectivity index (χ2v) is 6.76. The van der Waals surface area contributed by atoms with Gasteiger partial charge in [0.1, 0.15) is 0 Å². The predicted molar refractivity (Wildman–Crippen MR) is 94.1 cm³/mol. The van der Waals surface area contributed by atoms with Gasteiger partial charge >= 0.3 is 0 Å². The van der Waals surface area contributed by atoms with Crippen molar-refractivity contribution in [1.82, 2.24) is 9.88 Å². The summed E-state index contributed by atoms with van der Waals surface area (Å²) in [5.41, 5.74) is 9.00. The van der Waals surface area contributed by atoms with Gasteiger partial charge in [0.2, 0.25) is 0 Å². The number of likely N-dealkylation sites (tertiary alicyclic amines) is 1. The van der Waals surface area contributed by atoms with Crippen LogP contribution in [0.2, 0.25) is 0 Å². The molecule has 0 aliphatic carbocycles. The third-order valence-electron chi connectivity index (χ3n) is 5.18. The van der Waals surface area contributed by atoms with Gasteiger partial charge in [0.15, 0.2) is 0 Å². The van der Waals surface area contributed by atoms with Crippen LogP contribution >= 0.6 is 0 Å². The highest BCUT2D eigenvalue weighted by Gasteiger charge is 2.25. The Morgan fingerprint density at radius 3 is 3.05 bits per heavy atom. The number of para-hydroxylation sites is 1. The largest absolute Gasteiger partial charge is 0.361 e. The van der Waals surface area contributed by atoms with Crippen LogP contribution in [-0.2, 0) is 6.42 Å². The highest BCUT2D eigenvalue weighted by atomic mass is 15.1. The van der Waals surface area contributed by atoms with Crippen molar-refractivity contribution in [2.24, 2.45) is 11.7 Å². The highest BCUT2D eigenvalue weighted by Crippen LogP contribution is 2.23. The zero-order valence-electron chi connectivity index (χ0n) is 13.7. The standard InChI is InChI=1S/C19H29N3/c1-2-3-6-16-14-22(12-10-18(16)20)11-9-15-13-21-19-8-5-4-7-17(15)19/h4-5,7-8,13,16,18,21H,2-3,6,9-12,14,20H2,1H3/t16-,18-/m1/s1. The van der Waals surface area contributed by atoms with Gasteiger partial charge in [0, 0.05) is 36.2 Å². The number of piperidine rings is 1. The number of hydrogen-bond acceptors (Lipinski definition) is 2. The summed E-state index contributed by atoms with van der Waals surface area (Å²) in [6.07, 6.45) is 8.34. The van der Waals surface area contributed by atoms with E-state index in [1.54, 1.807) is 0 Å². The Morgan fingerprint density at radius 2 is 2.18 bits per heavy atom. The van der Waals surface area contributed by atoms with Crippen LogP contribution in [0.15, 0.2) is 30.5 Å². The number of fused-ring (bicyclic) bond motifs is 1. The van der Waals surface area contributed by atoms with E-state index < -0.39 is 0 Å². The topological polar surface area (TPSA) is 45.0 Å². The molecule has 1 saturated heterocycles. The summed E-state index contributed by atoms with van der Waals surface area (Å²) >= 11 is 0. The van der Waals surface area contributed by atoms with Crippen molar-refractivity contribution < 1.29 is 0 Å². The van der Waals surface area contributed by atoms with E-state index in [9.17, 15) is 0 Å². The quantitative estimate of drug-likeness (QED) is 0.857. The Kier molecular flexibility index (Phi) is 5.16. The van der Waals surface area contributed by atoms with Gasteiger partial charge in [-0.3, -0.25) is 0 Å². The molecule has 22 heavy (non-hydrogen) atoms. The predicted octanol–water partition coefficient (Wildman–Crippen LogP) is 3.55. The molecule has 0 spiro atoms. The molecule has 1 aromatic heterocycles. The molecule has 0 saturated carbocycles. The van der Waals surface area contributed by atoms with Crippen LogP contribution in [-0.4, -0.2) is 35.6 Å². The van der Waals surface area contributed by atoms with Crippen molar-refractivity contribution >= 4 is 10.9 Å². The molecule has 1 aliphatic rings. The number of unbranched alkanes of at least 4 members (excludes halogenated alkanes) is 1. The fraction of sp³-hybridized carbons (Fsp3) is 0.579. The number of nitrogens with one attached hydrogen (secondary N) is 1. The SMILES string of the molecule is CCCC[C@@H]1CN(CCc2c[nH]c3ccccc23)CC[C@H]1N. The average Bonchev–Trinajstić information content (AvgIpc) is 2.96. The van der Waals surface area contributed by atoms with Crippen molar-refractivity contribution in [1.29, 1.82) is 0 Å². The molecule has 120 valence electrons. The van der Waals surface area contributed by atoms with Crippen LogP contribution < -0.4 is 5.73 Å². The Labute approximate surface area is 133 Å². The zero-order chi connectivity index (χ0) is 15.4. The van der Waals surface area contributed by atoms with Crippen LogP contribution in [0.4, 0.5) is 0 Å². The van der Waals surface area contributed by atoms with Crippen molar-refractivity contribution in [2.75, 3.05) is 19.6 Å². The molecule has 2 heterocycles. The summed E-state index contributed by atoms with van der Waals surface area (Å²) in [5.74, 6) is 0.691. The second-order valence-electron chi connectivity index (χ2n) is 6.76. The van der Waals surface area contributed by atoms with Gasteiger partial charge in [-0.2, -0.15) is 0 Å². The van der Waals surface area contributed by atoms with Gasteiger partial charge in [-0.05, 0) is 43.4 Å². The number of H-pyrrole nitrogens is 1. The first-order chi connectivity index (χ1) is 10.8. The molecule has 0 bridgehead atoms. The molecule has 3 nitrogen and oxygen atoms in total. The van der Waals surface area contributed by atoms with Crippen molar-refractivity contribution in [3.8, 4) is 0 Å². The Balaban J connectivity index is 1.57. The van der Waals surface area contributed by atoms with Gasteiger partial charge in [-0.15, -0.1) is 0 Å². The molecule has 3 rings (SSSR count). The lowest BCUT2D eigenvalue weighted by atomic mass is 9.88. The summed E-state index contributed by atoms with van der Waals surface area (Å²) in [5, 5.41) is 1.37. The minimum Gasteiger partial charge on any atom is -0.361 e. The smallest absolute Gasteiger partial charge is 0.0456 e. The lowest BCUT2D eigenvalue weighted by molar-refractivity contribution is 0.148. The zero-order valence-corrected chi connectivity index (χ0v) is 13.7. The molecule has 1 aliphatic heterocycles. The first-order valence-electron chi connectivity index (χ1n) is 8.81. The van der Waals surface area contributed by atoms with Crippen molar-refractivity contribution in [2.45, 2.75) is 45.1 Å². The number of nitrogens with two attached hydrogens (primary N) is 1. The number of rotatable bonds is 6. The second kappa shape index (κ2) is 7.30. The third-order valence-corrected chi connectivity index (χ3v) is 5.18. The Bertz CT molecular complexity index is 589. The monoisotopic (exact) mass is 299 g/mol. The molecule has 3 N–H and O–H groups in total. The summed E-state index contributed by atoms with van der Waals surface area (Å²) < 4.78 is 0. The van der Waals surface area contributed by atoms with Crippen molar-refractivity contribution in [3.05, 3.63) is 36.0 Å². The van der Waals surface area contributed by atoms with Crippen LogP contribution in [0.25, 0.3) is 10.9 Å². The minimum atomic E-state index is 0.413. The Hall–Kier alpha value is -1.32. The van der Waals surface area contributed by atoms with Crippen LogP contribution in [0.3, 0.4) is 0 Å². The first-order valence-corrected chi connectivity index (χ1v) is 8.81. The van der Waals surface area contributed by atoms with Crippen LogP contribution in [0.5, 0.6) is 0 Å². The molecule has 0 unspecified atom stereocenters. The molecule has 0 amide bonds. The minimum absolute atomic E-state index is 0.413. The number of aromatic nitrogens is 1. The molecule has 0 radical (unpaired) electrons. The van der Waals surface area contributed by atoms with Gasteiger partial charge in [-0.25, -0.2) is 0 Å². The molecule has 3 heteroatoms. The number of nitrogens with zero attached hydrogens (tertiary/aromatic N) is 1. The Morgan fingerprint density at radius 1 is 1.32 bits per heavy atom. The van der Waals surface area contributed by atoms with E-state index in [2.05, 4.69) is 47.3 Å². The average molecular weight is 299 g/mol. The summed E-state index contributed by atoms with van der Waals surface area (Å²) in [7, 11) is 0. The van der Waals surface area contributed by atoms with Crippen LogP contribution in [0.1, 0.15) is 38.2 Å². The normalized spacial score (nSPS) is 23.2. The number of aromatic amines is 1. The summed E-state index contributed by atoms with van der Waals surface area (Å²) in [6.45, 7) is 5.76. The van der Waals surface area contributed by atoms with E-state index in [4.69, 9.17) is 5.73 Å². The lowest BCUT2D eigenvalue weighted by Crippen LogP contribution is -2.47. The maximum absolute atomic E-state index is 6.32. The van der Waals surface area contributed by atoms with Gasteiger partial charge < -0.3 is 15.6 Å². The molecule has 2 atom stereocenters. The van der Waals surface area contributed by atoms with Crippen molar-refractivity contribution in [3.63, 3.8) is 0 Å². The molecule has 2 aromatic rings. The van der Waals surface area contributed by atoms with E-state index in [0.29, 0.717) is 12.0 Å². The van der Waals surface area contributed by atoms with Crippen LogP contribution in [0, 0.1) is 5.92 Å². The van der Waals surface area contributed by atoms with Gasteiger partial charge in [0.05, 0.1) is 0 Å². The molecule has 1 aromatic carbocycles. The third kappa shape index (κ3) is 3.53. The summed E-state index contributed by atoms with van der Waals surface area (Å²) in [4.78, 5) is 6.00. The van der Waals surface area contributed by atoms with Gasteiger partial charge in [-0.1, -0.05) is 38.0 Å². The number of benzene rings is 1. The van der Waals surface area contributed by atoms with E-state index in [1.165, 1.54) is 42.3 Å². The molecular weight excluding hydrogens is 270 g/mol. The fourth-order valence-corrected chi connectivity index (χ4v) is 3.72.